The lowest BCUT2D eigenvalue weighted by molar-refractivity contribution is -0.110. The van der Waals surface area contributed by atoms with Crippen molar-refractivity contribution in [2.24, 2.45) is 0 Å². The van der Waals surface area contributed by atoms with E-state index in [1.165, 1.54) is 10.4 Å². The maximum absolute atomic E-state index is 13.6. The van der Waals surface area contributed by atoms with Crippen molar-refractivity contribution in [1.82, 2.24) is 15.2 Å². The van der Waals surface area contributed by atoms with E-state index in [1.807, 2.05) is 43.0 Å². The average Bonchev–Trinajstić information content (AvgIpc) is 3.57. The molecule has 0 radical (unpaired) electrons. The summed E-state index contributed by atoms with van der Waals surface area (Å²) >= 11 is 0. The van der Waals surface area contributed by atoms with Gasteiger partial charge in [0.05, 0.1) is 21.7 Å². The highest BCUT2D eigenvalue weighted by atomic mass is 32.2. The highest BCUT2D eigenvalue weighted by molar-refractivity contribution is 7.92. The van der Waals surface area contributed by atoms with Crippen molar-refractivity contribution in [3.05, 3.63) is 76.1 Å². The van der Waals surface area contributed by atoms with E-state index >= 15 is 0 Å². The number of sulfonamides is 1. The van der Waals surface area contributed by atoms with Crippen molar-refractivity contribution in [1.29, 1.82) is 0 Å². The number of aromatic amines is 1. The van der Waals surface area contributed by atoms with Crippen LogP contribution in [0.3, 0.4) is 0 Å². The lowest BCUT2D eigenvalue weighted by atomic mass is 10.0. The summed E-state index contributed by atoms with van der Waals surface area (Å²) < 4.78 is 28.7. The van der Waals surface area contributed by atoms with Gasteiger partial charge in [0.15, 0.2) is 0 Å². The normalized spacial score (nSPS) is 18.1. The summed E-state index contributed by atoms with van der Waals surface area (Å²) in [5, 5.41) is 6.09. The molecule has 10 heteroatoms. The Hall–Kier alpha value is -3.89. The zero-order valence-electron chi connectivity index (χ0n) is 21.3. The molecule has 0 atom stereocenters. The summed E-state index contributed by atoms with van der Waals surface area (Å²) in [4.78, 5) is 31.4. The lowest BCUT2D eigenvalue weighted by Gasteiger charge is -2.27. The summed E-state index contributed by atoms with van der Waals surface area (Å²) in [6.07, 6.45) is 2.37. The molecule has 3 aliphatic rings. The third-order valence-electron chi connectivity index (χ3n) is 7.59. The van der Waals surface area contributed by atoms with Gasteiger partial charge in [0, 0.05) is 55.4 Å². The number of carbonyl (C=O) groups excluding carboxylic acids is 2. The number of hydrogen-bond donors (Lipinski definition) is 3. The van der Waals surface area contributed by atoms with Crippen molar-refractivity contribution >= 4 is 44.9 Å². The van der Waals surface area contributed by atoms with Gasteiger partial charge in [0.2, 0.25) is 0 Å². The Kier molecular flexibility index (Phi) is 5.88. The number of aryl methyl sites for hydroxylation is 1. The van der Waals surface area contributed by atoms with Gasteiger partial charge in [-0.3, -0.25) is 13.9 Å². The summed E-state index contributed by atoms with van der Waals surface area (Å²) in [5.41, 5.74) is 5.88. The highest BCUT2D eigenvalue weighted by Crippen LogP contribution is 2.38. The third-order valence-corrected chi connectivity index (χ3v) is 9.40. The zero-order valence-corrected chi connectivity index (χ0v) is 22.1. The van der Waals surface area contributed by atoms with Gasteiger partial charge in [-0.15, -0.1) is 0 Å². The largest absolute Gasteiger partial charge is 0.358 e. The molecular formula is C28H29N5O4S. The standard InChI is InChI=1S/C28H29N5O4S/c1-17-24(30-18(2)26(17)28(35)32-13-10-29-11-14-32)16-22-21-15-20(7-8-23(21)31-27(22)34)38(36,37)33-12-9-19-5-3-4-6-25(19)33/h3-8,15-16,29-30H,9-14H2,1-2H3,(H,31,34). The number of nitrogens with one attached hydrogen (secondary N) is 3. The Bertz CT molecular complexity index is 1620. The van der Waals surface area contributed by atoms with Gasteiger partial charge in [-0.2, -0.15) is 0 Å². The molecule has 0 saturated carbocycles. The van der Waals surface area contributed by atoms with Crippen LogP contribution >= 0.6 is 0 Å². The molecule has 0 bridgehead atoms. The van der Waals surface area contributed by atoms with Crippen LogP contribution in [0.5, 0.6) is 0 Å². The van der Waals surface area contributed by atoms with E-state index in [1.54, 1.807) is 18.2 Å². The fraction of sp³-hybridized carbons (Fsp3) is 0.286. The Morgan fingerprint density at radius 1 is 1.03 bits per heavy atom. The molecule has 1 saturated heterocycles. The fourth-order valence-electron chi connectivity index (χ4n) is 5.57. The molecule has 196 valence electrons. The molecule has 1 fully saturated rings. The van der Waals surface area contributed by atoms with E-state index in [4.69, 9.17) is 0 Å². The molecule has 9 nitrogen and oxygen atoms in total. The van der Waals surface area contributed by atoms with Crippen LogP contribution < -0.4 is 14.9 Å². The smallest absolute Gasteiger partial charge is 0.264 e. The lowest BCUT2D eigenvalue weighted by Crippen LogP contribution is -2.46. The summed E-state index contributed by atoms with van der Waals surface area (Å²) in [5.74, 6) is -0.347. The van der Waals surface area contributed by atoms with Gasteiger partial charge in [-0.05, 0) is 61.7 Å². The number of amides is 2. The molecule has 2 amide bonds. The summed E-state index contributed by atoms with van der Waals surface area (Å²) in [6, 6.07) is 12.2. The predicted octanol–water partition coefficient (Wildman–Crippen LogP) is 2.92. The minimum Gasteiger partial charge on any atom is -0.358 e. The molecule has 38 heavy (non-hydrogen) atoms. The van der Waals surface area contributed by atoms with E-state index < -0.39 is 10.0 Å². The molecule has 0 spiro atoms. The Morgan fingerprint density at radius 3 is 2.58 bits per heavy atom. The first kappa shape index (κ1) is 24.4. The number of rotatable bonds is 4. The van der Waals surface area contributed by atoms with Crippen LogP contribution in [0.2, 0.25) is 0 Å². The third kappa shape index (κ3) is 3.91. The van der Waals surface area contributed by atoms with Crippen LogP contribution in [0.1, 0.15) is 38.4 Å². The molecule has 2 aromatic carbocycles. The van der Waals surface area contributed by atoms with Crippen molar-refractivity contribution < 1.29 is 18.0 Å². The fourth-order valence-corrected chi connectivity index (χ4v) is 7.10. The van der Waals surface area contributed by atoms with Gasteiger partial charge < -0.3 is 20.5 Å². The number of piperazine rings is 1. The van der Waals surface area contributed by atoms with Crippen LogP contribution in [0.15, 0.2) is 47.4 Å². The average molecular weight is 532 g/mol. The van der Waals surface area contributed by atoms with Gasteiger partial charge in [0.25, 0.3) is 21.8 Å². The number of carbonyl (C=O) groups is 2. The van der Waals surface area contributed by atoms with Crippen LogP contribution in [0.25, 0.3) is 11.6 Å². The highest BCUT2D eigenvalue weighted by Gasteiger charge is 2.33. The second kappa shape index (κ2) is 9.14. The second-order valence-electron chi connectivity index (χ2n) is 9.88. The quantitative estimate of drug-likeness (QED) is 0.448. The number of nitrogens with zero attached hydrogens (tertiary/aromatic N) is 2. The predicted molar refractivity (Wildman–Crippen MR) is 147 cm³/mol. The van der Waals surface area contributed by atoms with E-state index in [0.29, 0.717) is 59.8 Å². The van der Waals surface area contributed by atoms with Crippen LogP contribution in [-0.2, 0) is 21.2 Å². The Labute approximate surface area is 221 Å². The monoisotopic (exact) mass is 531 g/mol. The molecule has 0 unspecified atom stereocenters. The number of benzene rings is 2. The molecule has 0 aliphatic carbocycles. The van der Waals surface area contributed by atoms with Gasteiger partial charge >= 0.3 is 0 Å². The van der Waals surface area contributed by atoms with E-state index in [9.17, 15) is 18.0 Å². The molecule has 4 heterocycles. The van der Waals surface area contributed by atoms with Gasteiger partial charge in [-0.25, -0.2) is 8.42 Å². The summed E-state index contributed by atoms with van der Waals surface area (Å²) in [7, 11) is -3.82. The first-order chi connectivity index (χ1) is 18.3. The number of hydrogen-bond acceptors (Lipinski definition) is 5. The number of anilines is 2. The first-order valence-electron chi connectivity index (χ1n) is 12.7. The topological polar surface area (TPSA) is 115 Å². The van der Waals surface area contributed by atoms with E-state index in [-0.39, 0.29) is 16.7 Å². The molecule has 3 N–H and O–H groups in total. The minimum absolute atomic E-state index is 0.0297. The molecular weight excluding hydrogens is 502 g/mol. The second-order valence-corrected chi connectivity index (χ2v) is 11.7. The number of H-pyrrole nitrogens is 1. The maximum Gasteiger partial charge on any atom is 0.264 e. The van der Waals surface area contributed by atoms with Crippen molar-refractivity contribution in [3.8, 4) is 0 Å². The van der Waals surface area contributed by atoms with Gasteiger partial charge in [0.1, 0.15) is 0 Å². The Balaban J connectivity index is 1.36. The molecule has 6 rings (SSSR count). The van der Waals surface area contributed by atoms with Crippen LogP contribution in [-0.4, -0.2) is 62.8 Å². The molecule has 1 aromatic heterocycles. The molecule has 3 aliphatic heterocycles. The zero-order chi connectivity index (χ0) is 26.6. The Morgan fingerprint density at radius 2 is 1.79 bits per heavy atom. The number of aromatic nitrogens is 1. The molecule has 3 aromatic rings. The number of para-hydroxylation sites is 1. The first-order valence-corrected chi connectivity index (χ1v) is 14.2. The van der Waals surface area contributed by atoms with Crippen molar-refractivity contribution in [2.75, 3.05) is 42.3 Å². The van der Waals surface area contributed by atoms with E-state index in [0.717, 1.165) is 29.9 Å². The van der Waals surface area contributed by atoms with Crippen LogP contribution in [0.4, 0.5) is 11.4 Å². The van der Waals surface area contributed by atoms with Crippen molar-refractivity contribution in [3.63, 3.8) is 0 Å². The van der Waals surface area contributed by atoms with Crippen molar-refractivity contribution in [2.45, 2.75) is 25.2 Å². The van der Waals surface area contributed by atoms with Gasteiger partial charge in [-0.1, -0.05) is 18.2 Å². The van der Waals surface area contributed by atoms with Crippen LogP contribution in [0, 0.1) is 13.8 Å². The summed E-state index contributed by atoms with van der Waals surface area (Å²) in [6.45, 7) is 6.91. The number of fused-ring (bicyclic) bond motifs is 2. The SMILES string of the molecule is Cc1[nH]c(C=C2C(=O)Nc3ccc(S(=O)(=O)N4CCc5ccccc54)cc32)c(C)c1C(=O)N1CCNCC1. The minimum atomic E-state index is -3.82. The maximum atomic E-state index is 13.6. The van der Waals surface area contributed by atoms with E-state index in [2.05, 4.69) is 15.6 Å².